The molecular weight excluding hydrogens is 378 g/mol. The number of allylic oxidation sites excluding steroid dienone is 7. The second kappa shape index (κ2) is 8.59. The zero-order valence-electron chi connectivity index (χ0n) is 14.5. The minimum atomic E-state index is -4.94. The van der Waals surface area contributed by atoms with Crippen molar-refractivity contribution in [3.8, 4) is 0 Å². The number of thiazole rings is 1. The van der Waals surface area contributed by atoms with Crippen molar-refractivity contribution in [1.29, 1.82) is 0 Å². The predicted octanol–water partition coefficient (Wildman–Crippen LogP) is -0.253. The first-order valence-corrected chi connectivity index (χ1v) is 9.61. The highest BCUT2D eigenvalue weighted by molar-refractivity contribution is 7.18. The monoisotopic (exact) mass is 395 g/mol. The highest BCUT2D eigenvalue weighted by atomic mass is 35.7. The molecule has 0 unspecified atom stereocenters. The fourth-order valence-electron chi connectivity index (χ4n) is 2.43. The first-order chi connectivity index (χ1) is 12.1. The average molecular weight is 396 g/mol. The molecule has 0 aliphatic carbocycles. The lowest BCUT2D eigenvalue weighted by molar-refractivity contribution is -2.00. The van der Waals surface area contributed by atoms with E-state index in [4.69, 9.17) is 23.4 Å². The van der Waals surface area contributed by atoms with Crippen molar-refractivity contribution >= 4 is 27.6 Å². The van der Waals surface area contributed by atoms with Gasteiger partial charge in [0, 0.05) is 12.1 Å². The number of para-hydroxylation sites is 1. The molecule has 0 radical (unpaired) electrons. The van der Waals surface area contributed by atoms with Crippen LogP contribution in [0.4, 0.5) is 0 Å². The Morgan fingerprint density at radius 2 is 1.62 bits per heavy atom. The van der Waals surface area contributed by atoms with Gasteiger partial charge in [0.2, 0.25) is 5.52 Å². The van der Waals surface area contributed by atoms with Gasteiger partial charge in [-0.3, -0.25) is 0 Å². The smallest absolute Gasteiger partial charge is 0.262 e. The molecule has 1 aliphatic rings. The first kappa shape index (κ1) is 20.3. The molecule has 0 amide bonds. The number of aromatic nitrogens is 1. The minimum Gasteiger partial charge on any atom is -0.467 e. The van der Waals surface area contributed by atoms with Crippen LogP contribution in [0.15, 0.2) is 65.7 Å². The number of benzene rings is 1. The van der Waals surface area contributed by atoms with Gasteiger partial charge in [0.1, 0.15) is 23.3 Å². The summed E-state index contributed by atoms with van der Waals surface area (Å²) in [6, 6.07) is 8.47. The Bertz CT molecular complexity index is 880. The molecule has 138 valence electrons. The molecule has 0 atom stereocenters. The fourth-order valence-corrected chi connectivity index (χ4v) is 3.49. The van der Waals surface area contributed by atoms with Gasteiger partial charge in [0.05, 0.1) is 0 Å². The Kier molecular flexibility index (Phi) is 6.71. The van der Waals surface area contributed by atoms with Crippen LogP contribution in [0.2, 0.25) is 0 Å². The van der Waals surface area contributed by atoms with Crippen LogP contribution in [0.5, 0.6) is 0 Å². The number of halogens is 1. The largest absolute Gasteiger partial charge is 0.467 e. The summed E-state index contributed by atoms with van der Waals surface area (Å²) in [7, 11) is -2.84. The second-order valence-electron chi connectivity index (χ2n) is 5.48. The molecule has 2 heterocycles. The van der Waals surface area contributed by atoms with Crippen molar-refractivity contribution in [3.63, 3.8) is 0 Å². The number of fused-ring (bicyclic) bond motifs is 1. The lowest BCUT2D eigenvalue weighted by Gasteiger charge is -2.17. The molecule has 6 nitrogen and oxygen atoms in total. The highest BCUT2D eigenvalue weighted by Crippen LogP contribution is 2.21. The number of nitrogens with zero attached hydrogens (tertiary/aromatic N) is 1. The summed E-state index contributed by atoms with van der Waals surface area (Å²) in [5.74, 6) is 1.86. The number of rotatable bonds is 2. The number of ether oxygens (including phenoxy) is 1. The Morgan fingerprint density at radius 3 is 2.19 bits per heavy atom. The SMILES string of the molecule is CC1=CC(=C/C=C/c2sc3ccccc3[n+]2C)C=C(C)O1.[O-][Cl+3]([O-])([O-])[O-]. The zero-order valence-corrected chi connectivity index (χ0v) is 16.0. The molecule has 0 saturated carbocycles. The Hall–Kier alpha value is -2.00. The van der Waals surface area contributed by atoms with E-state index < -0.39 is 10.2 Å². The molecule has 3 rings (SSSR count). The summed E-state index contributed by atoms with van der Waals surface area (Å²) in [5, 5.41) is 1.24. The first-order valence-electron chi connectivity index (χ1n) is 7.55. The summed E-state index contributed by atoms with van der Waals surface area (Å²) in [6.07, 6.45) is 10.4. The summed E-state index contributed by atoms with van der Waals surface area (Å²) in [5.41, 5.74) is 2.43. The van der Waals surface area contributed by atoms with E-state index in [1.54, 1.807) is 11.3 Å². The summed E-state index contributed by atoms with van der Waals surface area (Å²) >= 11 is 1.80. The predicted molar refractivity (Wildman–Crippen MR) is 88.7 cm³/mol. The van der Waals surface area contributed by atoms with Gasteiger partial charge in [-0.05, 0) is 37.6 Å². The van der Waals surface area contributed by atoms with Crippen molar-refractivity contribution in [2.75, 3.05) is 0 Å². The van der Waals surface area contributed by atoms with Crippen LogP contribution in [0.3, 0.4) is 0 Å². The zero-order chi connectivity index (χ0) is 19.3. The molecule has 2 aromatic rings. The molecule has 0 fully saturated rings. The number of hydrogen-bond donors (Lipinski definition) is 0. The molecule has 1 aromatic heterocycles. The van der Waals surface area contributed by atoms with Gasteiger partial charge in [0.15, 0.2) is 0 Å². The van der Waals surface area contributed by atoms with E-state index in [1.165, 1.54) is 15.2 Å². The van der Waals surface area contributed by atoms with E-state index in [-0.39, 0.29) is 0 Å². The van der Waals surface area contributed by atoms with Crippen LogP contribution >= 0.6 is 11.3 Å². The van der Waals surface area contributed by atoms with Crippen LogP contribution in [0.25, 0.3) is 16.3 Å². The van der Waals surface area contributed by atoms with Gasteiger partial charge in [0.25, 0.3) is 5.01 Å². The van der Waals surface area contributed by atoms with Gasteiger partial charge in [-0.2, -0.15) is 4.57 Å². The van der Waals surface area contributed by atoms with Crippen molar-refractivity contribution in [1.82, 2.24) is 0 Å². The van der Waals surface area contributed by atoms with Gasteiger partial charge in [-0.15, -0.1) is 10.2 Å². The topological polar surface area (TPSA) is 105 Å². The summed E-state index contributed by atoms with van der Waals surface area (Å²) in [6.45, 7) is 3.94. The summed E-state index contributed by atoms with van der Waals surface area (Å²) < 4.78 is 43.0. The van der Waals surface area contributed by atoms with E-state index in [2.05, 4.69) is 54.1 Å². The van der Waals surface area contributed by atoms with Crippen molar-refractivity contribution in [2.45, 2.75) is 13.8 Å². The maximum atomic E-state index is 8.49. The van der Waals surface area contributed by atoms with Gasteiger partial charge >= 0.3 is 0 Å². The van der Waals surface area contributed by atoms with E-state index in [1.807, 2.05) is 26.0 Å². The van der Waals surface area contributed by atoms with Crippen molar-refractivity contribution in [2.24, 2.45) is 7.05 Å². The van der Waals surface area contributed by atoms with Crippen LogP contribution < -0.4 is 23.2 Å². The maximum Gasteiger partial charge on any atom is 0.262 e. The molecule has 26 heavy (non-hydrogen) atoms. The molecule has 1 aromatic carbocycles. The summed E-state index contributed by atoms with van der Waals surface area (Å²) in [4.78, 5) is 0. The van der Waals surface area contributed by atoms with E-state index in [0.29, 0.717) is 0 Å². The minimum absolute atomic E-state index is 0.932. The van der Waals surface area contributed by atoms with Crippen LogP contribution in [-0.4, -0.2) is 0 Å². The Balaban J connectivity index is 0.000000431. The molecule has 8 heteroatoms. The maximum absolute atomic E-state index is 8.49. The van der Waals surface area contributed by atoms with Gasteiger partial charge in [-0.1, -0.05) is 35.6 Å². The lowest BCUT2D eigenvalue weighted by Crippen LogP contribution is -2.68. The van der Waals surface area contributed by atoms with Crippen LogP contribution in [-0.2, 0) is 11.8 Å². The Morgan fingerprint density at radius 1 is 1.04 bits per heavy atom. The normalized spacial score (nSPS) is 14.5. The van der Waals surface area contributed by atoms with Crippen LogP contribution in [0, 0.1) is 10.2 Å². The highest BCUT2D eigenvalue weighted by Gasteiger charge is 2.12. The van der Waals surface area contributed by atoms with Crippen molar-refractivity contribution in [3.05, 3.63) is 70.7 Å². The Labute approximate surface area is 157 Å². The van der Waals surface area contributed by atoms with Crippen LogP contribution in [0.1, 0.15) is 18.9 Å². The third-order valence-corrected chi connectivity index (χ3v) is 4.55. The molecule has 0 spiro atoms. The third kappa shape index (κ3) is 6.38. The molecular formula is C18H18ClNO5S. The quantitative estimate of drug-likeness (QED) is 0.652. The molecule has 1 aliphatic heterocycles. The molecule has 0 bridgehead atoms. The van der Waals surface area contributed by atoms with Gasteiger partial charge in [-0.25, -0.2) is 18.6 Å². The van der Waals surface area contributed by atoms with Gasteiger partial charge < -0.3 is 4.74 Å². The molecule has 0 saturated heterocycles. The van der Waals surface area contributed by atoms with Crippen molar-refractivity contribution < 1.29 is 38.2 Å². The van der Waals surface area contributed by atoms with E-state index in [9.17, 15) is 0 Å². The number of hydrogen-bond acceptors (Lipinski definition) is 6. The third-order valence-electron chi connectivity index (χ3n) is 3.36. The number of aryl methyl sites for hydroxylation is 1. The molecule has 0 N–H and O–H groups in total. The lowest BCUT2D eigenvalue weighted by atomic mass is 10.1. The fraction of sp³-hybridized carbons (Fsp3) is 0.167. The van der Waals surface area contributed by atoms with E-state index in [0.717, 1.165) is 17.1 Å². The standard InChI is InChI=1S/C18H18NOS.ClHO4/c1-13-11-15(12-14(2)20-13)7-6-10-18-19(3)16-8-4-5-9-17(16)21-18;2-1(3,4)5/h4-12H,1-3H3;(H,2,3,4,5)/q+1;/p-1/b10-6+;. The van der Waals surface area contributed by atoms with E-state index >= 15 is 0 Å². The second-order valence-corrected chi connectivity index (χ2v) is 7.30. The average Bonchev–Trinajstić information content (AvgIpc) is 2.82.